The Morgan fingerprint density at radius 3 is 2.77 bits per heavy atom. The molecule has 132 valence electrons. The van der Waals surface area contributed by atoms with Gasteiger partial charge in [-0.15, -0.1) is 0 Å². The van der Waals surface area contributed by atoms with Gasteiger partial charge in [0.1, 0.15) is 0 Å². The van der Waals surface area contributed by atoms with Crippen molar-refractivity contribution in [2.75, 3.05) is 12.4 Å². The smallest absolute Gasteiger partial charge is 0.241 e. The van der Waals surface area contributed by atoms with E-state index in [9.17, 15) is 4.79 Å². The van der Waals surface area contributed by atoms with Gasteiger partial charge in [0.15, 0.2) is 0 Å². The highest BCUT2D eigenvalue weighted by Crippen LogP contribution is 2.24. The van der Waals surface area contributed by atoms with E-state index in [-0.39, 0.29) is 11.9 Å². The molecule has 3 aromatic rings. The van der Waals surface area contributed by atoms with Crippen LogP contribution in [-0.2, 0) is 17.8 Å². The number of anilines is 1. The van der Waals surface area contributed by atoms with Gasteiger partial charge in [-0.1, -0.05) is 36.4 Å². The average molecular weight is 346 g/mol. The predicted octanol–water partition coefficient (Wildman–Crippen LogP) is 3.26. The number of likely N-dealkylation sites (N-methyl/N-ethyl adjacent to an activating group) is 1. The van der Waals surface area contributed by atoms with Gasteiger partial charge >= 0.3 is 0 Å². The molecule has 1 amide bonds. The van der Waals surface area contributed by atoms with Crippen LogP contribution in [0.15, 0.2) is 67.0 Å². The molecule has 1 aromatic heterocycles. The molecule has 0 aliphatic carbocycles. The standard InChI is InChI=1S/C21H22N4O/c1-24(14-16-13-22-25(15-16)18-8-3-2-4-9-18)20-12-11-17-7-5-6-10-19(17)23-21(20)26/h2-10,13,15,20H,11-12,14H2,1H3,(H,23,26). The van der Waals surface area contributed by atoms with E-state index in [1.54, 1.807) is 0 Å². The molecule has 2 heterocycles. The zero-order valence-corrected chi connectivity index (χ0v) is 14.8. The van der Waals surface area contributed by atoms with E-state index in [1.807, 2.05) is 72.7 Å². The highest BCUT2D eigenvalue weighted by atomic mass is 16.2. The molecule has 5 heteroatoms. The maximum absolute atomic E-state index is 12.7. The Morgan fingerprint density at radius 1 is 1.15 bits per heavy atom. The Morgan fingerprint density at radius 2 is 1.92 bits per heavy atom. The van der Waals surface area contributed by atoms with E-state index in [0.717, 1.165) is 29.8 Å². The van der Waals surface area contributed by atoms with Crippen LogP contribution in [0.4, 0.5) is 5.69 Å². The number of rotatable bonds is 4. The van der Waals surface area contributed by atoms with E-state index in [0.29, 0.717) is 6.54 Å². The van der Waals surface area contributed by atoms with Gasteiger partial charge in [-0.05, 0) is 43.7 Å². The lowest BCUT2D eigenvalue weighted by atomic mass is 10.0. The minimum Gasteiger partial charge on any atom is -0.324 e. The van der Waals surface area contributed by atoms with Crippen LogP contribution in [0, 0.1) is 0 Å². The first-order chi connectivity index (χ1) is 12.7. The number of amides is 1. The number of nitrogens with zero attached hydrogens (tertiary/aromatic N) is 3. The number of carbonyl (C=O) groups is 1. The molecule has 0 fully saturated rings. The minimum absolute atomic E-state index is 0.0629. The molecule has 0 radical (unpaired) electrons. The van der Waals surface area contributed by atoms with Gasteiger partial charge in [0.2, 0.25) is 5.91 Å². The van der Waals surface area contributed by atoms with Gasteiger partial charge in [-0.2, -0.15) is 5.10 Å². The molecule has 1 N–H and O–H groups in total. The second-order valence-corrected chi connectivity index (χ2v) is 6.74. The lowest BCUT2D eigenvalue weighted by Crippen LogP contribution is -2.40. The van der Waals surface area contributed by atoms with Crippen LogP contribution in [-0.4, -0.2) is 33.7 Å². The van der Waals surface area contributed by atoms with Crippen LogP contribution >= 0.6 is 0 Å². The summed E-state index contributed by atoms with van der Waals surface area (Å²) in [5, 5.41) is 7.51. The molecule has 2 aromatic carbocycles. The van der Waals surface area contributed by atoms with Crippen molar-refractivity contribution in [2.45, 2.75) is 25.4 Å². The monoisotopic (exact) mass is 346 g/mol. The van der Waals surface area contributed by atoms with Crippen LogP contribution in [0.2, 0.25) is 0 Å². The van der Waals surface area contributed by atoms with Crippen molar-refractivity contribution in [1.82, 2.24) is 14.7 Å². The maximum Gasteiger partial charge on any atom is 0.241 e. The number of hydrogen-bond donors (Lipinski definition) is 1. The lowest BCUT2D eigenvalue weighted by molar-refractivity contribution is -0.121. The molecule has 5 nitrogen and oxygen atoms in total. The summed E-state index contributed by atoms with van der Waals surface area (Å²) < 4.78 is 1.87. The molecule has 1 atom stereocenters. The molecule has 0 bridgehead atoms. The minimum atomic E-state index is -0.150. The van der Waals surface area contributed by atoms with Crippen molar-refractivity contribution in [3.8, 4) is 5.69 Å². The van der Waals surface area contributed by atoms with Crippen LogP contribution < -0.4 is 5.32 Å². The second-order valence-electron chi connectivity index (χ2n) is 6.74. The molecule has 1 unspecified atom stereocenters. The second kappa shape index (κ2) is 7.14. The number of aromatic nitrogens is 2. The molecule has 1 aliphatic rings. The van der Waals surface area contributed by atoms with Crippen LogP contribution in [0.5, 0.6) is 0 Å². The summed E-state index contributed by atoms with van der Waals surface area (Å²) in [5.74, 6) is 0.0629. The number of fused-ring (bicyclic) bond motifs is 1. The van der Waals surface area contributed by atoms with E-state index in [1.165, 1.54) is 5.56 Å². The average Bonchev–Trinajstić information content (AvgIpc) is 3.05. The summed E-state index contributed by atoms with van der Waals surface area (Å²) in [6, 6.07) is 17.9. The van der Waals surface area contributed by atoms with Crippen LogP contribution in [0.1, 0.15) is 17.5 Å². The number of nitrogens with one attached hydrogen (secondary N) is 1. The van der Waals surface area contributed by atoms with Crippen LogP contribution in [0.3, 0.4) is 0 Å². The van der Waals surface area contributed by atoms with Crippen molar-refractivity contribution in [2.24, 2.45) is 0 Å². The Balaban J connectivity index is 1.46. The molecular weight excluding hydrogens is 324 g/mol. The first-order valence-corrected chi connectivity index (χ1v) is 8.89. The zero-order valence-electron chi connectivity index (χ0n) is 14.8. The number of carbonyl (C=O) groups excluding carboxylic acids is 1. The Hall–Kier alpha value is -2.92. The molecule has 26 heavy (non-hydrogen) atoms. The fourth-order valence-corrected chi connectivity index (χ4v) is 3.48. The van der Waals surface area contributed by atoms with Crippen molar-refractivity contribution in [1.29, 1.82) is 0 Å². The molecular formula is C21H22N4O. The van der Waals surface area contributed by atoms with Gasteiger partial charge in [-0.3, -0.25) is 9.69 Å². The summed E-state index contributed by atoms with van der Waals surface area (Å²) in [5.41, 5.74) is 4.26. The van der Waals surface area contributed by atoms with Crippen molar-refractivity contribution < 1.29 is 4.79 Å². The predicted molar refractivity (Wildman–Crippen MR) is 102 cm³/mol. The Bertz CT molecular complexity index is 903. The molecule has 0 saturated carbocycles. The summed E-state index contributed by atoms with van der Waals surface area (Å²) in [4.78, 5) is 14.8. The lowest BCUT2D eigenvalue weighted by Gasteiger charge is -2.25. The topological polar surface area (TPSA) is 50.2 Å². The van der Waals surface area contributed by atoms with Gasteiger partial charge in [0.25, 0.3) is 0 Å². The molecule has 0 spiro atoms. The third kappa shape index (κ3) is 3.39. The van der Waals surface area contributed by atoms with Crippen molar-refractivity contribution in [3.63, 3.8) is 0 Å². The number of benzene rings is 2. The SMILES string of the molecule is CN(Cc1cnn(-c2ccccc2)c1)C1CCc2ccccc2NC1=O. The van der Waals surface area contributed by atoms with E-state index >= 15 is 0 Å². The first-order valence-electron chi connectivity index (χ1n) is 8.89. The number of aryl methyl sites for hydroxylation is 1. The quantitative estimate of drug-likeness (QED) is 0.789. The highest BCUT2D eigenvalue weighted by molar-refractivity contribution is 5.96. The van der Waals surface area contributed by atoms with Gasteiger partial charge in [-0.25, -0.2) is 4.68 Å². The fraction of sp³-hybridized carbons (Fsp3) is 0.238. The fourth-order valence-electron chi connectivity index (χ4n) is 3.48. The van der Waals surface area contributed by atoms with E-state index in [4.69, 9.17) is 0 Å². The third-order valence-corrected chi connectivity index (χ3v) is 4.89. The molecule has 4 rings (SSSR count). The Labute approximate surface area is 153 Å². The highest BCUT2D eigenvalue weighted by Gasteiger charge is 2.27. The van der Waals surface area contributed by atoms with Crippen molar-refractivity contribution >= 4 is 11.6 Å². The van der Waals surface area contributed by atoms with Crippen LogP contribution in [0.25, 0.3) is 5.69 Å². The molecule has 0 saturated heterocycles. The summed E-state index contributed by atoms with van der Waals surface area (Å²) >= 11 is 0. The zero-order chi connectivity index (χ0) is 17.9. The maximum atomic E-state index is 12.7. The van der Waals surface area contributed by atoms with Gasteiger partial charge in [0, 0.05) is 24.0 Å². The molecule has 1 aliphatic heterocycles. The van der Waals surface area contributed by atoms with Gasteiger partial charge < -0.3 is 5.32 Å². The summed E-state index contributed by atoms with van der Waals surface area (Å²) in [6.07, 6.45) is 5.60. The summed E-state index contributed by atoms with van der Waals surface area (Å²) in [6.45, 7) is 0.682. The largest absolute Gasteiger partial charge is 0.324 e. The van der Waals surface area contributed by atoms with Crippen molar-refractivity contribution in [3.05, 3.63) is 78.1 Å². The number of para-hydroxylation sites is 2. The Kier molecular flexibility index (Phi) is 4.54. The number of hydrogen-bond acceptors (Lipinski definition) is 3. The van der Waals surface area contributed by atoms with E-state index in [2.05, 4.69) is 21.4 Å². The normalized spacial score (nSPS) is 16.8. The van der Waals surface area contributed by atoms with E-state index < -0.39 is 0 Å². The summed E-state index contributed by atoms with van der Waals surface area (Å²) in [7, 11) is 2.00. The third-order valence-electron chi connectivity index (χ3n) is 4.89. The first kappa shape index (κ1) is 16.5. The van der Waals surface area contributed by atoms with Gasteiger partial charge in [0.05, 0.1) is 17.9 Å².